The molecule has 4 aliphatic carbocycles. The molecule has 0 amide bonds. The highest BCUT2D eigenvalue weighted by molar-refractivity contribution is 6.14. The minimum absolute atomic E-state index is 0.0932. The second-order valence-electron chi connectivity index (χ2n) is 6.43. The van der Waals surface area contributed by atoms with E-state index in [0.717, 1.165) is 0 Å². The lowest BCUT2D eigenvalue weighted by atomic mass is 9.50. The van der Waals surface area contributed by atoms with Gasteiger partial charge in [0.2, 0.25) is 0 Å². The molecule has 4 atom stereocenters. The van der Waals surface area contributed by atoms with E-state index in [1.807, 2.05) is 0 Å². The van der Waals surface area contributed by atoms with Gasteiger partial charge < -0.3 is 9.47 Å². The van der Waals surface area contributed by atoms with Crippen LogP contribution < -0.4 is 0 Å². The van der Waals surface area contributed by atoms with Crippen LogP contribution in [-0.2, 0) is 28.7 Å². The van der Waals surface area contributed by atoms with E-state index in [1.165, 1.54) is 14.2 Å². The van der Waals surface area contributed by atoms with Crippen molar-refractivity contribution >= 4 is 23.5 Å². The predicted octanol–water partition coefficient (Wildman–Crippen LogP) is 0.667. The molecule has 0 unspecified atom stereocenters. The number of esters is 2. The summed E-state index contributed by atoms with van der Waals surface area (Å²) in [6.45, 7) is 0. The van der Waals surface area contributed by atoms with Crippen molar-refractivity contribution in [3.63, 3.8) is 0 Å². The van der Waals surface area contributed by atoms with Crippen molar-refractivity contribution in [1.29, 1.82) is 0 Å². The summed E-state index contributed by atoms with van der Waals surface area (Å²) < 4.78 is 9.66. The molecule has 0 aromatic rings. The maximum atomic E-state index is 12.7. The first kappa shape index (κ1) is 14.2. The van der Waals surface area contributed by atoms with Crippen LogP contribution in [0.5, 0.6) is 0 Å². The molecule has 0 spiro atoms. The summed E-state index contributed by atoms with van der Waals surface area (Å²) in [7, 11) is 2.47. The molecule has 0 heterocycles. The molecule has 0 aliphatic heterocycles. The highest BCUT2D eigenvalue weighted by atomic mass is 16.5. The predicted molar refractivity (Wildman–Crippen MR) is 69.0 cm³/mol. The molecule has 0 saturated heterocycles. The lowest BCUT2D eigenvalue weighted by molar-refractivity contribution is -0.182. The van der Waals surface area contributed by atoms with Crippen molar-refractivity contribution in [3.05, 3.63) is 0 Å². The molecule has 6 nitrogen and oxygen atoms in total. The highest BCUT2D eigenvalue weighted by Crippen LogP contribution is 2.60. The number of ketones is 2. The fraction of sp³-hybridized carbons (Fsp3) is 0.733. The average Bonchev–Trinajstić information content (AvgIpc) is 2.66. The monoisotopic (exact) mass is 294 g/mol. The van der Waals surface area contributed by atoms with Crippen molar-refractivity contribution in [2.75, 3.05) is 14.2 Å². The highest BCUT2D eigenvalue weighted by Gasteiger charge is 2.70. The summed E-state index contributed by atoms with van der Waals surface area (Å²) in [5.41, 5.74) is -2.69. The summed E-state index contributed by atoms with van der Waals surface area (Å²) >= 11 is 0. The Kier molecular flexibility index (Phi) is 2.97. The summed E-state index contributed by atoms with van der Waals surface area (Å²) in [5.74, 6) is -2.44. The van der Waals surface area contributed by atoms with Crippen LogP contribution in [0.4, 0.5) is 0 Å². The number of Topliss-reactive ketones (excluding diaryl/α,β-unsaturated/α-hetero) is 2. The first-order chi connectivity index (χ1) is 9.91. The summed E-state index contributed by atoms with van der Waals surface area (Å²) in [4.78, 5) is 50.0. The van der Waals surface area contributed by atoms with Crippen LogP contribution in [0, 0.1) is 22.7 Å². The van der Waals surface area contributed by atoms with Crippen molar-refractivity contribution in [2.45, 2.75) is 32.1 Å². The molecule has 21 heavy (non-hydrogen) atoms. The lowest BCUT2D eigenvalue weighted by Gasteiger charge is -2.49. The van der Waals surface area contributed by atoms with Gasteiger partial charge in [-0.25, -0.2) is 0 Å². The summed E-state index contributed by atoms with van der Waals surface area (Å²) in [5, 5.41) is 0. The van der Waals surface area contributed by atoms with Crippen LogP contribution in [0.3, 0.4) is 0 Å². The third kappa shape index (κ3) is 1.59. The Hall–Kier alpha value is -1.72. The zero-order chi connectivity index (χ0) is 15.4. The average molecular weight is 294 g/mol. The van der Waals surface area contributed by atoms with Crippen molar-refractivity contribution < 1.29 is 28.7 Å². The van der Waals surface area contributed by atoms with Gasteiger partial charge in [-0.3, -0.25) is 19.2 Å². The normalized spacial score (nSPS) is 40.9. The number of carbonyl (C=O) groups is 4. The number of fused-ring (bicyclic) bond motifs is 1. The SMILES string of the molecule is COC(=O)[C@]12C[C@H]3CC[C@H](C[C@@](C(=O)OC)(C1)C3=O)C2=O. The molecule has 4 fully saturated rings. The minimum atomic E-state index is -1.35. The molecular weight excluding hydrogens is 276 g/mol. The molecule has 4 saturated carbocycles. The van der Waals surface area contributed by atoms with E-state index < -0.39 is 34.6 Å². The fourth-order valence-corrected chi connectivity index (χ4v) is 4.61. The van der Waals surface area contributed by atoms with Gasteiger partial charge in [0.05, 0.1) is 14.2 Å². The first-order valence-electron chi connectivity index (χ1n) is 7.17. The third-order valence-corrected chi connectivity index (χ3v) is 5.49. The van der Waals surface area contributed by atoms with E-state index in [9.17, 15) is 19.2 Å². The maximum absolute atomic E-state index is 12.7. The van der Waals surface area contributed by atoms with Gasteiger partial charge in [0.25, 0.3) is 0 Å². The van der Waals surface area contributed by atoms with E-state index in [0.29, 0.717) is 12.8 Å². The largest absolute Gasteiger partial charge is 0.468 e. The van der Waals surface area contributed by atoms with Gasteiger partial charge in [-0.2, -0.15) is 0 Å². The summed E-state index contributed by atoms with van der Waals surface area (Å²) in [6.07, 6.45) is 1.35. The Morgan fingerprint density at radius 2 is 1.29 bits per heavy atom. The standard InChI is InChI=1S/C15H18O6/c1-20-12(18)14-5-8-3-4-9(10(14)16)6-15(7-14,11(8)17)13(19)21-2/h8-9H,3-7H2,1-2H3/t8-,9-,14-,15-/m1/s1. The second-order valence-corrected chi connectivity index (χ2v) is 6.43. The topological polar surface area (TPSA) is 86.7 Å². The molecule has 4 aliphatic rings. The molecule has 0 aromatic carbocycles. The minimum Gasteiger partial charge on any atom is -0.468 e. The van der Waals surface area contributed by atoms with Gasteiger partial charge >= 0.3 is 11.9 Å². The zero-order valence-electron chi connectivity index (χ0n) is 12.1. The number of methoxy groups -OCH3 is 2. The molecule has 0 aromatic heterocycles. The number of carbonyl (C=O) groups excluding carboxylic acids is 4. The maximum Gasteiger partial charge on any atom is 0.319 e. The molecule has 0 N–H and O–H groups in total. The molecule has 4 rings (SSSR count). The number of hydrogen-bond acceptors (Lipinski definition) is 6. The van der Waals surface area contributed by atoms with Gasteiger partial charge in [-0.15, -0.1) is 0 Å². The van der Waals surface area contributed by atoms with Crippen molar-refractivity contribution in [3.8, 4) is 0 Å². The number of hydrogen-bond donors (Lipinski definition) is 0. The van der Waals surface area contributed by atoms with E-state index in [4.69, 9.17) is 9.47 Å². The van der Waals surface area contributed by atoms with E-state index in [-0.39, 0.29) is 30.8 Å². The lowest BCUT2D eigenvalue weighted by Crippen LogP contribution is -2.61. The van der Waals surface area contributed by atoms with Gasteiger partial charge in [0, 0.05) is 11.8 Å². The quantitative estimate of drug-likeness (QED) is 0.549. The smallest absolute Gasteiger partial charge is 0.319 e. The van der Waals surface area contributed by atoms with Gasteiger partial charge in [0.15, 0.2) is 11.6 Å². The third-order valence-electron chi connectivity index (χ3n) is 5.49. The fourth-order valence-electron chi connectivity index (χ4n) is 4.61. The van der Waals surface area contributed by atoms with E-state index in [1.54, 1.807) is 0 Å². The van der Waals surface area contributed by atoms with Gasteiger partial charge in [-0.1, -0.05) is 0 Å². The van der Waals surface area contributed by atoms with Crippen LogP contribution in [0.2, 0.25) is 0 Å². The van der Waals surface area contributed by atoms with Crippen LogP contribution in [0.25, 0.3) is 0 Å². The molecule has 114 valence electrons. The Morgan fingerprint density at radius 3 is 1.62 bits per heavy atom. The van der Waals surface area contributed by atoms with Crippen molar-refractivity contribution in [2.24, 2.45) is 22.7 Å². The Balaban J connectivity index is 2.18. The van der Waals surface area contributed by atoms with Crippen LogP contribution in [0.15, 0.2) is 0 Å². The van der Waals surface area contributed by atoms with E-state index in [2.05, 4.69) is 0 Å². The number of ether oxygens (including phenoxy) is 2. The Labute approximate surface area is 122 Å². The Morgan fingerprint density at radius 1 is 0.905 bits per heavy atom. The zero-order valence-corrected chi connectivity index (χ0v) is 12.1. The Bertz CT molecular complexity index is 504. The number of rotatable bonds is 2. The molecular formula is C15H18O6. The van der Waals surface area contributed by atoms with Crippen LogP contribution in [0.1, 0.15) is 32.1 Å². The van der Waals surface area contributed by atoms with Crippen LogP contribution >= 0.6 is 0 Å². The molecule has 6 heteroatoms. The second kappa shape index (κ2) is 4.39. The first-order valence-corrected chi connectivity index (χ1v) is 7.17. The molecule has 0 radical (unpaired) electrons. The summed E-state index contributed by atoms with van der Waals surface area (Å²) in [6, 6.07) is 0. The van der Waals surface area contributed by atoms with E-state index >= 15 is 0 Å². The van der Waals surface area contributed by atoms with Gasteiger partial charge in [0.1, 0.15) is 10.8 Å². The molecule has 4 bridgehead atoms. The van der Waals surface area contributed by atoms with Crippen LogP contribution in [-0.4, -0.2) is 37.7 Å². The van der Waals surface area contributed by atoms with Crippen molar-refractivity contribution in [1.82, 2.24) is 0 Å². The van der Waals surface area contributed by atoms with Gasteiger partial charge in [-0.05, 0) is 32.1 Å².